The molecule has 1 unspecified atom stereocenters. The van der Waals surface area contributed by atoms with Gasteiger partial charge in [-0.2, -0.15) is 0 Å². The van der Waals surface area contributed by atoms with Crippen molar-refractivity contribution < 1.29 is 28.2 Å². The second-order valence-electron chi connectivity index (χ2n) is 8.05. The van der Waals surface area contributed by atoms with Gasteiger partial charge in [0.1, 0.15) is 23.0 Å². The lowest BCUT2D eigenvalue weighted by Crippen LogP contribution is -2.26. The van der Waals surface area contributed by atoms with Crippen molar-refractivity contribution in [2.45, 2.75) is 12.3 Å². The molecular weight excluding hydrogens is 438 g/mol. The highest BCUT2D eigenvalue weighted by Gasteiger charge is 2.39. The van der Waals surface area contributed by atoms with Crippen LogP contribution in [0.5, 0.6) is 17.2 Å². The zero-order valence-electron chi connectivity index (χ0n) is 17.9. The first-order valence-electron chi connectivity index (χ1n) is 10.6. The number of esters is 1. The SMILES string of the molecule is COc1ccc2cc(C3CC(=O)Oc4ccc5c(c43)O/C(=C/c3ccco3)C5=O)c(=O)[nH]c2c1. The highest BCUT2D eigenvalue weighted by molar-refractivity contribution is 6.15. The van der Waals surface area contributed by atoms with Gasteiger partial charge in [0.15, 0.2) is 5.76 Å². The van der Waals surface area contributed by atoms with Gasteiger partial charge < -0.3 is 23.6 Å². The van der Waals surface area contributed by atoms with E-state index in [9.17, 15) is 14.4 Å². The van der Waals surface area contributed by atoms with Gasteiger partial charge >= 0.3 is 5.97 Å². The van der Waals surface area contributed by atoms with Gasteiger partial charge in [-0.3, -0.25) is 14.4 Å². The predicted molar refractivity (Wildman–Crippen MR) is 121 cm³/mol. The lowest BCUT2D eigenvalue weighted by atomic mass is 9.85. The maximum Gasteiger partial charge on any atom is 0.312 e. The van der Waals surface area contributed by atoms with Crippen LogP contribution in [0.3, 0.4) is 0 Å². The number of Topliss-reactive ketones (excluding diaryl/α,β-unsaturated/α-hetero) is 1. The maximum absolute atomic E-state index is 13.1. The highest BCUT2D eigenvalue weighted by Crippen LogP contribution is 2.48. The van der Waals surface area contributed by atoms with Crippen molar-refractivity contribution in [3.63, 3.8) is 0 Å². The van der Waals surface area contributed by atoms with E-state index >= 15 is 0 Å². The number of hydrogen-bond donors (Lipinski definition) is 1. The molecule has 1 N–H and O–H groups in total. The van der Waals surface area contributed by atoms with Crippen LogP contribution >= 0.6 is 0 Å². The number of rotatable bonds is 3. The molecule has 4 aromatic rings. The van der Waals surface area contributed by atoms with Crippen molar-refractivity contribution in [1.82, 2.24) is 4.98 Å². The first-order valence-corrected chi connectivity index (χ1v) is 10.6. The van der Waals surface area contributed by atoms with E-state index in [2.05, 4.69) is 4.98 Å². The summed E-state index contributed by atoms with van der Waals surface area (Å²) in [5.41, 5.74) is 1.47. The average Bonchev–Trinajstić information content (AvgIpc) is 3.45. The third-order valence-electron chi connectivity index (χ3n) is 6.05. The molecule has 0 amide bonds. The van der Waals surface area contributed by atoms with E-state index in [4.69, 9.17) is 18.6 Å². The van der Waals surface area contributed by atoms with Crippen molar-refractivity contribution in [2.75, 3.05) is 7.11 Å². The summed E-state index contributed by atoms with van der Waals surface area (Å²) in [5, 5.41) is 0.777. The first kappa shape index (κ1) is 20.0. The topological polar surface area (TPSA) is 108 Å². The molecule has 2 aliphatic heterocycles. The van der Waals surface area contributed by atoms with Crippen molar-refractivity contribution >= 4 is 28.7 Å². The molecule has 2 aromatic carbocycles. The number of carbonyl (C=O) groups is 2. The Kier molecular flexibility index (Phi) is 4.41. The van der Waals surface area contributed by atoms with Crippen molar-refractivity contribution in [1.29, 1.82) is 0 Å². The monoisotopic (exact) mass is 455 g/mol. The summed E-state index contributed by atoms with van der Waals surface area (Å²) in [6, 6.07) is 13.6. The molecule has 2 aliphatic rings. The quantitative estimate of drug-likeness (QED) is 0.280. The number of aromatic nitrogens is 1. The number of hydrogen-bond acceptors (Lipinski definition) is 7. The van der Waals surface area contributed by atoms with Gasteiger partial charge in [-0.15, -0.1) is 0 Å². The molecule has 0 bridgehead atoms. The summed E-state index contributed by atoms with van der Waals surface area (Å²) in [6.07, 6.45) is 2.94. The number of pyridine rings is 1. The fourth-order valence-electron chi connectivity index (χ4n) is 4.46. The molecule has 0 saturated heterocycles. The lowest BCUT2D eigenvalue weighted by Gasteiger charge is -2.26. The van der Waals surface area contributed by atoms with Crippen LogP contribution in [0.25, 0.3) is 17.0 Å². The van der Waals surface area contributed by atoms with Crippen molar-refractivity contribution in [2.24, 2.45) is 0 Å². The van der Waals surface area contributed by atoms with Gasteiger partial charge in [0.05, 0.1) is 30.9 Å². The van der Waals surface area contributed by atoms with Crippen LogP contribution in [0.15, 0.2) is 69.8 Å². The van der Waals surface area contributed by atoms with E-state index in [0.29, 0.717) is 33.7 Å². The Labute approximate surface area is 192 Å². The van der Waals surface area contributed by atoms with Crippen LogP contribution in [-0.4, -0.2) is 23.8 Å². The number of furan rings is 1. The fraction of sp³-hybridized carbons (Fsp3) is 0.115. The van der Waals surface area contributed by atoms with Crippen LogP contribution < -0.4 is 19.8 Å². The Hall–Kier alpha value is -4.59. The molecule has 168 valence electrons. The number of aromatic amines is 1. The van der Waals surface area contributed by atoms with Crippen LogP contribution in [-0.2, 0) is 4.79 Å². The number of nitrogens with one attached hydrogen (secondary N) is 1. The van der Waals surface area contributed by atoms with E-state index in [1.807, 2.05) is 6.07 Å². The molecule has 0 fully saturated rings. The smallest absolute Gasteiger partial charge is 0.312 e. The largest absolute Gasteiger partial charge is 0.497 e. The first-order chi connectivity index (χ1) is 16.5. The zero-order chi connectivity index (χ0) is 23.4. The highest BCUT2D eigenvalue weighted by atomic mass is 16.5. The molecule has 0 radical (unpaired) electrons. The Morgan fingerprint density at radius 3 is 2.74 bits per heavy atom. The van der Waals surface area contributed by atoms with Crippen molar-refractivity contribution in [3.05, 3.63) is 93.4 Å². The summed E-state index contributed by atoms with van der Waals surface area (Å²) >= 11 is 0. The second kappa shape index (κ2) is 7.48. The Bertz CT molecular complexity index is 1580. The standard InChI is InChI=1S/C26H17NO7/c1-31-14-5-4-13-9-18(26(30)27-19(13)10-14)17-12-22(28)33-20-7-6-16-24(29)21(34-25(16)23(17)20)11-15-3-2-8-32-15/h2-11,17H,12H2,1H3,(H,27,30)/b21-11+. The molecule has 6 rings (SSSR count). The predicted octanol–water partition coefficient (Wildman–Crippen LogP) is 4.19. The average molecular weight is 455 g/mol. The van der Waals surface area contributed by atoms with Gasteiger partial charge in [0.2, 0.25) is 5.78 Å². The fourth-order valence-corrected chi connectivity index (χ4v) is 4.46. The second-order valence-corrected chi connectivity index (χ2v) is 8.05. The number of ether oxygens (including phenoxy) is 3. The molecule has 8 heteroatoms. The molecule has 34 heavy (non-hydrogen) atoms. The van der Waals surface area contributed by atoms with Crippen molar-refractivity contribution in [3.8, 4) is 17.2 Å². The molecule has 4 heterocycles. The van der Waals surface area contributed by atoms with E-state index < -0.39 is 11.9 Å². The number of fused-ring (bicyclic) bond motifs is 4. The van der Waals surface area contributed by atoms with Gasteiger partial charge in [-0.1, -0.05) is 0 Å². The van der Waals surface area contributed by atoms with E-state index in [1.165, 1.54) is 12.3 Å². The maximum atomic E-state index is 13.1. The Balaban J connectivity index is 1.51. The summed E-state index contributed by atoms with van der Waals surface area (Å²) in [6.45, 7) is 0. The van der Waals surface area contributed by atoms with Crippen LogP contribution in [0.2, 0.25) is 0 Å². The van der Waals surface area contributed by atoms with Gasteiger partial charge in [-0.05, 0) is 47.9 Å². The van der Waals surface area contributed by atoms with E-state index in [-0.39, 0.29) is 35.0 Å². The number of methoxy groups -OCH3 is 1. The minimum absolute atomic E-state index is 0.0665. The normalized spacial score (nSPS) is 17.9. The van der Waals surface area contributed by atoms with E-state index in [1.54, 1.807) is 49.6 Å². The molecule has 0 aliphatic carbocycles. The van der Waals surface area contributed by atoms with Crippen LogP contribution in [0.1, 0.15) is 39.6 Å². The summed E-state index contributed by atoms with van der Waals surface area (Å²) in [7, 11) is 1.55. The summed E-state index contributed by atoms with van der Waals surface area (Å²) < 4.78 is 21.9. The van der Waals surface area contributed by atoms with Crippen LogP contribution in [0, 0.1) is 0 Å². The number of ketones is 1. The number of carbonyl (C=O) groups excluding carboxylic acids is 2. The lowest BCUT2D eigenvalue weighted by molar-refractivity contribution is -0.135. The third-order valence-corrected chi connectivity index (χ3v) is 6.05. The molecule has 2 aromatic heterocycles. The number of allylic oxidation sites excluding steroid dienone is 1. The zero-order valence-corrected chi connectivity index (χ0v) is 17.9. The minimum atomic E-state index is -0.655. The molecule has 1 atom stereocenters. The van der Waals surface area contributed by atoms with Gasteiger partial charge in [0, 0.05) is 29.2 Å². The summed E-state index contributed by atoms with van der Waals surface area (Å²) in [5.74, 6) is 0.281. The van der Waals surface area contributed by atoms with Gasteiger partial charge in [-0.25, -0.2) is 0 Å². The minimum Gasteiger partial charge on any atom is -0.497 e. The molecule has 0 saturated carbocycles. The molecule has 8 nitrogen and oxygen atoms in total. The third kappa shape index (κ3) is 3.11. The number of H-pyrrole nitrogens is 1. The molecular formula is C26H17NO7. The Morgan fingerprint density at radius 1 is 1.06 bits per heavy atom. The van der Waals surface area contributed by atoms with E-state index in [0.717, 1.165) is 5.39 Å². The molecule has 0 spiro atoms. The summed E-state index contributed by atoms with van der Waals surface area (Å²) in [4.78, 5) is 41.4. The Morgan fingerprint density at radius 2 is 1.94 bits per heavy atom. The van der Waals surface area contributed by atoms with Gasteiger partial charge in [0.25, 0.3) is 5.56 Å². The van der Waals surface area contributed by atoms with Crippen LogP contribution in [0.4, 0.5) is 0 Å². The number of benzene rings is 2.